The molecule has 0 saturated carbocycles. The summed E-state index contributed by atoms with van der Waals surface area (Å²) in [6, 6.07) is 8.25. The number of aromatic nitrogens is 1. The van der Waals surface area contributed by atoms with Gasteiger partial charge < -0.3 is 14.4 Å². The molecule has 1 saturated heterocycles. The number of piperidine rings is 1. The number of oxazole rings is 1. The van der Waals surface area contributed by atoms with Crippen LogP contribution >= 0.6 is 0 Å². The Balaban J connectivity index is 1.79. The van der Waals surface area contributed by atoms with Crippen molar-refractivity contribution in [2.45, 2.75) is 26.2 Å². The van der Waals surface area contributed by atoms with Gasteiger partial charge in [0.1, 0.15) is 5.52 Å². The van der Waals surface area contributed by atoms with Gasteiger partial charge in [0.2, 0.25) is 0 Å². The van der Waals surface area contributed by atoms with E-state index >= 15 is 0 Å². The highest BCUT2D eigenvalue weighted by Crippen LogP contribution is 2.36. The summed E-state index contributed by atoms with van der Waals surface area (Å²) in [5.41, 5.74) is 1.03. The summed E-state index contributed by atoms with van der Waals surface area (Å²) >= 11 is 0. The summed E-state index contributed by atoms with van der Waals surface area (Å²) in [5, 5.41) is 9.40. The van der Waals surface area contributed by atoms with E-state index in [1.165, 1.54) is 0 Å². The number of hydrogen-bond acceptors (Lipinski definition) is 4. The van der Waals surface area contributed by atoms with E-state index in [2.05, 4.69) is 4.98 Å². The normalized spacial score (nSPS) is 18.4. The summed E-state index contributed by atoms with van der Waals surface area (Å²) < 4.78 is 5.74. The summed E-state index contributed by atoms with van der Waals surface area (Å²) in [7, 11) is 0. The molecule has 106 valence electrons. The highest BCUT2D eigenvalue weighted by molar-refractivity contribution is 5.76. The van der Waals surface area contributed by atoms with Gasteiger partial charge in [-0.2, -0.15) is 4.98 Å². The van der Waals surface area contributed by atoms with E-state index in [1.54, 1.807) is 0 Å². The molecule has 0 amide bonds. The van der Waals surface area contributed by atoms with Crippen LogP contribution in [0, 0.1) is 5.41 Å². The molecule has 0 radical (unpaired) electrons. The minimum Gasteiger partial charge on any atom is -0.481 e. The number of rotatable bonds is 3. The number of carbonyl (C=O) groups is 1. The van der Waals surface area contributed by atoms with Gasteiger partial charge in [0.15, 0.2) is 5.58 Å². The van der Waals surface area contributed by atoms with Crippen molar-refractivity contribution in [1.29, 1.82) is 0 Å². The molecule has 0 atom stereocenters. The maximum absolute atomic E-state index is 11.4. The third kappa shape index (κ3) is 2.03. The number of hydrogen-bond donors (Lipinski definition) is 1. The smallest absolute Gasteiger partial charge is 0.309 e. The number of anilines is 1. The number of fused-ring (bicyclic) bond motifs is 1. The van der Waals surface area contributed by atoms with Gasteiger partial charge in [0.25, 0.3) is 6.01 Å². The number of carboxylic acids is 1. The number of aliphatic carboxylic acids is 1. The summed E-state index contributed by atoms with van der Waals surface area (Å²) in [5.74, 6) is -0.683. The first kappa shape index (κ1) is 13.0. The molecule has 0 unspecified atom stereocenters. The van der Waals surface area contributed by atoms with Crippen LogP contribution in [-0.4, -0.2) is 29.1 Å². The maximum Gasteiger partial charge on any atom is 0.309 e. The van der Waals surface area contributed by atoms with Crippen molar-refractivity contribution in [2.75, 3.05) is 18.0 Å². The van der Waals surface area contributed by atoms with Crippen molar-refractivity contribution in [3.05, 3.63) is 24.3 Å². The largest absolute Gasteiger partial charge is 0.481 e. The molecule has 1 aliphatic heterocycles. The van der Waals surface area contributed by atoms with Gasteiger partial charge in [-0.15, -0.1) is 0 Å². The lowest BCUT2D eigenvalue weighted by atomic mass is 9.76. The zero-order valence-electron chi connectivity index (χ0n) is 11.5. The molecule has 5 nitrogen and oxygen atoms in total. The van der Waals surface area contributed by atoms with Gasteiger partial charge in [0.05, 0.1) is 5.41 Å². The predicted octanol–water partition coefficient (Wildman–Crippen LogP) is 2.91. The number of benzene rings is 1. The molecule has 1 aromatic heterocycles. The maximum atomic E-state index is 11.4. The van der Waals surface area contributed by atoms with Gasteiger partial charge in [-0.1, -0.05) is 19.1 Å². The van der Waals surface area contributed by atoms with Crippen LogP contribution in [0.3, 0.4) is 0 Å². The molecule has 0 aliphatic carbocycles. The van der Waals surface area contributed by atoms with E-state index in [0.29, 0.717) is 38.4 Å². The van der Waals surface area contributed by atoms with Crippen molar-refractivity contribution >= 4 is 23.1 Å². The van der Waals surface area contributed by atoms with Crippen LogP contribution in [0.1, 0.15) is 26.2 Å². The highest BCUT2D eigenvalue weighted by atomic mass is 16.4. The quantitative estimate of drug-likeness (QED) is 0.932. The molecule has 1 fully saturated rings. The Labute approximate surface area is 117 Å². The van der Waals surface area contributed by atoms with Gasteiger partial charge in [-0.25, -0.2) is 0 Å². The van der Waals surface area contributed by atoms with Crippen LogP contribution < -0.4 is 4.90 Å². The Morgan fingerprint density at radius 1 is 1.40 bits per heavy atom. The first-order valence-corrected chi connectivity index (χ1v) is 6.98. The van der Waals surface area contributed by atoms with Crippen molar-refractivity contribution < 1.29 is 14.3 Å². The number of para-hydroxylation sites is 2. The van der Waals surface area contributed by atoms with Crippen molar-refractivity contribution in [3.63, 3.8) is 0 Å². The predicted molar refractivity (Wildman–Crippen MR) is 75.8 cm³/mol. The van der Waals surface area contributed by atoms with Crippen LogP contribution in [0.15, 0.2) is 28.7 Å². The van der Waals surface area contributed by atoms with E-state index in [9.17, 15) is 9.90 Å². The molecule has 0 bridgehead atoms. The van der Waals surface area contributed by atoms with Crippen LogP contribution in [0.25, 0.3) is 11.1 Å². The third-order valence-corrected chi connectivity index (χ3v) is 4.40. The fourth-order valence-electron chi connectivity index (χ4n) is 2.84. The van der Waals surface area contributed by atoms with Crippen LogP contribution in [-0.2, 0) is 4.79 Å². The topological polar surface area (TPSA) is 66.6 Å². The molecule has 0 spiro atoms. The lowest BCUT2D eigenvalue weighted by Crippen LogP contribution is -2.44. The monoisotopic (exact) mass is 274 g/mol. The van der Waals surface area contributed by atoms with E-state index in [-0.39, 0.29) is 0 Å². The summed E-state index contributed by atoms with van der Waals surface area (Å²) in [4.78, 5) is 17.9. The molecule has 3 rings (SSSR count). The minimum atomic E-state index is -0.683. The van der Waals surface area contributed by atoms with Crippen molar-refractivity contribution in [2.24, 2.45) is 5.41 Å². The van der Waals surface area contributed by atoms with Crippen molar-refractivity contribution in [1.82, 2.24) is 4.98 Å². The molecular formula is C15H18N2O3. The van der Waals surface area contributed by atoms with Gasteiger partial charge in [-0.05, 0) is 31.4 Å². The SMILES string of the molecule is CCC1(C(=O)O)CCN(c2nc3ccccc3o2)CC1. The van der Waals surface area contributed by atoms with E-state index < -0.39 is 11.4 Å². The van der Waals surface area contributed by atoms with Crippen LogP contribution in [0.2, 0.25) is 0 Å². The fraction of sp³-hybridized carbons (Fsp3) is 0.467. The van der Waals surface area contributed by atoms with Gasteiger partial charge >= 0.3 is 5.97 Å². The first-order valence-electron chi connectivity index (χ1n) is 6.98. The Kier molecular flexibility index (Phi) is 3.12. The average Bonchev–Trinajstić information content (AvgIpc) is 2.91. The summed E-state index contributed by atoms with van der Waals surface area (Å²) in [6.45, 7) is 3.29. The Hall–Kier alpha value is -2.04. The second-order valence-electron chi connectivity index (χ2n) is 5.39. The van der Waals surface area contributed by atoms with Crippen molar-refractivity contribution in [3.8, 4) is 0 Å². The second-order valence-corrected chi connectivity index (χ2v) is 5.39. The zero-order chi connectivity index (χ0) is 14.2. The van der Waals surface area contributed by atoms with E-state index in [0.717, 1.165) is 11.1 Å². The Morgan fingerprint density at radius 2 is 2.10 bits per heavy atom. The molecule has 1 N–H and O–H groups in total. The van der Waals surface area contributed by atoms with Gasteiger partial charge in [-0.3, -0.25) is 4.79 Å². The lowest BCUT2D eigenvalue weighted by molar-refractivity contribution is -0.150. The number of carboxylic acid groups (broad SMARTS) is 1. The average molecular weight is 274 g/mol. The Morgan fingerprint density at radius 3 is 2.70 bits per heavy atom. The van der Waals surface area contributed by atoms with Gasteiger partial charge in [0, 0.05) is 13.1 Å². The third-order valence-electron chi connectivity index (χ3n) is 4.40. The lowest BCUT2D eigenvalue weighted by Gasteiger charge is -2.37. The molecule has 5 heteroatoms. The van der Waals surface area contributed by atoms with Crippen LogP contribution in [0.4, 0.5) is 6.01 Å². The Bertz CT molecular complexity index is 594. The second kappa shape index (κ2) is 4.81. The minimum absolute atomic E-state index is 0.581. The van der Waals surface area contributed by atoms with E-state index in [4.69, 9.17) is 4.42 Å². The molecule has 2 aromatic rings. The summed E-state index contributed by atoms with van der Waals surface area (Å²) in [6.07, 6.45) is 1.94. The first-order chi connectivity index (χ1) is 9.64. The number of nitrogens with zero attached hydrogens (tertiary/aromatic N) is 2. The molecule has 2 heterocycles. The fourth-order valence-corrected chi connectivity index (χ4v) is 2.84. The molecular weight excluding hydrogens is 256 g/mol. The molecule has 1 aliphatic rings. The highest BCUT2D eigenvalue weighted by Gasteiger charge is 2.40. The van der Waals surface area contributed by atoms with E-state index in [1.807, 2.05) is 36.1 Å². The zero-order valence-corrected chi connectivity index (χ0v) is 11.5. The molecule has 1 aromatic carbocycles. The van der Waals surface area contributed by atoms with Crippen LogP contribution in [0.5, 0.6) is 0 Å². The molecule has 20 heavy (non-hydrogen) atoms. The standard InChI is InChI=1S/C15H18N2O3/c1-2-15(13(18)19)7-9-17(10-8-15)14-16-11-5-3-4-6-12(11)20-14/h3-6H,2,7-10H2,1H3,(H,18,19).